The lowest BCUT2D eigenvalue weighted by molar-refractivity contribution is -0.121. The molecule has 0 radical (unpaired) electrons. The van der Waals surface area contributed by atoms with Crippen LogP contribution in [0.1, 0.15) is 27.7 Å². The van der Waals surface area contributed by atoms with E-state index in [2.05, 4.69) is 15.2 Å². The topological polar surface area (TPSA) is 74.8 Å². The summed E-state index contributed by atoms with van der Waals surface area (Å²) in [4.78, 5) is 32.1. The maximum Gasteiger partial charge on any atom is 0.410 e. The van der Waals surface area contributed by atoms with Crippen LogP contribution < -0.4 is 5.32 Å². The van der Waals surface area contributed by atoms with Gasteiger partial charge in [0.15, 0.2) is 5.13 Å². The zero-order chi connectivity index (χ0) is 17.0. The molecule has 8 heteroatoms. The number of nitrogens with one attached hydrogen (secondary N) is 1. The first kappa shape index (κ1) is 17.7. The Morgan fingerprint density at radius 2 is 1.96 bits per heavy atom. The average Bonchev–Trinajstić information content (AvgIpc) is 2.97. The fourth-order valence-corrected chi connectivity index (χ4v) is 2.81. The second kappa shape index (κ2) is 7.27. The van der Waals surface area contributed by atoms with Crippen LogP contribution in [-0.4, -0.2) is 64.6 Å². The monoisotopic (exact) mass is 340 g/mol. The molecule has 1 aliphatic heterocycles. The summed E-state index contributed by atoms with van der Waals surface area (Å²) in [7, 11) is 0. The van der Waals surface area contributed by atoms with Crippen LogP contribution in [-0.2, 0) is 9.53 Å². The molecule has 1 aromatic heterocycles. The molecule has 128 valence electrons. The number of thiazole rings is 1. The fourth-order valence-electron chi connectivity index (χ4n) is 2.28. The van der Waals surface area contributed by atoms with E-state index in [1.165, 1.54) is 11.3 Å². The summed E-state index contributed by atoms with van der Waals surface area (Å²) in [5.74, 6) is -0.0781. The highest BCUT2D eigenvalue weighted by atomic mass is 32.1. The predicted octanol–water partition coefficient (Wildman–Crippen LogP) is 2.02. The van der Waals surface area contributed by atoms with Gasteiger partial charge in [0.25, 0.3) is 0 Å². The van der Waals surface area contributed by atoms with E-state index >= 15 is 0 Å². The van der Waals surface area contributed by atoms with E-state index in [1.54, 1.807) is 11.1 Å². The Labute approximate surface area is 140 Å². The van der Waals surface area contributed by atoms with Gasteiger partial charge < -0.3 is 15.0 Å². The molecule has 1 fully saturated rings. The van der Waals surface area contributed by atoms with Crippen LogP contribution in [0.25, 0.3) is 0 Å². The van der Waals surface area contributed by atoms with Crippen LogP contribution in [0.5, 0.6) is 0 Å². The molecule has 0 saturated carbocycles. The number of anilines is 1. The van der Waals surface area contributed by atoms with Crippen molar-refractivity contribution in [2.75, 3.05) is 31.5 Å². The normalized spacial score (nSPS) is 17.7. The van der Waals surface area contributed by atoms with E-state index in [0.29, 0.717) is 31.3 Å². The van der Waals surface area contributed by atoms with Crippen molar-refractivity contribution < 1.29 is 14.3 Å². The second-order valence-electron chi connectivity index (χ2n) is 6.51. The van der Waals surface area contributed by atoms with Crippen molar-refractivity contribution in [3.8, 4) is 0 Å². The molecule has 2 amide bonds. The summed E-state index contributed by atoms with van der Waals surface area (Å²) in [5.41, 5.74) is -0.491. The minimum absolute atomic E-state index is 0.0781. The van der Waals surface area contributed by atoms with Crippen molar-refractivity contribution in [3.05, 3.63) is 11.6 Å². The fraction of sp³-hybridized carbons (Fsp3) is 0.667. The summed E-state index contributed by atoms with van der Waals surface area (Å²) in [5, 5.41) is 5.23. The molecule has 1 aromatic rings. The lowest BCUT2D eigenvalue weighted by Crippen LogP contribution is -2.54. The molecule has 1 atom stereocenters. The zero-order valence-corrected chi connectivity index (χ0v) is 14.9. The number of hydrogen-bond acceptors (Lipinski definition) is 6. The molecule has 1 saturated heterocycles. The lowest BCUT2D eigenvalue weighted by Gasteiger charge is -2.37. The summed E-state index contributed by atoms with van der Waals surface area (Å²) >= 11 is 1.39. The Morgan fingerprint density at radius 1 is 1.30 bits per heavy atom. The zero-order valence-electron chi connectivity index (χ0n) is 14.0. The Morgan fingerprint density at radius 3 is 2.48 bits per heavy atom. The van der Waals surface area contributed by atoms with Crippen LogP contribution in [0.3, 0.4) is 0 Å². The average molecular weight is 340 g/mol. The number of aromatic nitrogens is 1. The molecule has 0 aromatic carbocycles. The molecule has 0 aliphatic carbocycles. The highest BCUT2D eigenvalue weighted by molar-refractivity contribution is 7.13. The quantitative estimate of drug-likeness (QED) is 0.911. The Balaban J connectivity index is 1.81. The van der Waals surface area contributed by atoms with Crippen LogP contribution in [0, 0.1) is 0 Å². The highest BCUT2D eigenvalue weighted by Gasteiger charge is 2.29. The number of ether oxygens (including phenoxy) is 1. The van der Waals surface area contributed by atoms with Crippen molar-refractivity contribution in [3.63, 3.8) is 0 Å². The smallest absolute Gasteiger partial charge is 0.410 e. The number of carbonyl (C=O) groups is 2. The number of rotatable bonds is 3. The number of hydrogen-bond donors (Lipinski definition) is 1. The van der Waals surface area contributed by atoms with Gasteiger partial charge in [0.1, 0.15) is 5.60 Å². The molecule has 2 heterocycles. The van der Waals surface area contributed by atoms with E-state index < -0.39 is 5.60 Å². The number of amides is 2. The van der Waals surface area contributed by atoms with Gasteiger partial charge in [0.05, 0.1) is 6.04 Å². The lowest BCUT2D eigenvalue weighted by atomic mass is 10.2. The first-order valence-electron chi connectivity index (χ1n) is 7.68. The molecule has 0 bridgehead atoms. The van der Waals surface area contributed by atoms with Crippen LogP contribution >= 0.6 is 11.3 Å². The SMILES string of the molecule is CC(C(=O)Nc1nccs1)N1CCN(C(=O)OC(C)(C)C)CC1. The van der Waals surface area contributed by atoms with E-state index in [4.69, 9.17) is 4.74 Å². The van der Waals surface area contributed by atoms with Gasteiger partial charge in [0, 0.05) is 37.8 Å². The van der Waals surface area contributed by atoms with Gasteiger partial charge in [-0.2, -0.15) is 0 Å². The molecule has 2 rings (SSSR count). The highest BCUT2D eigenvalue weighted by Crippen LogP contribution is 2.15. The van der Waals surface area contributed by atoms with Gasteiger partial charge in [-0.25, -0.2) is 9.78 Å². The van der Waals surface area contributed by atoms with E-state index in [0.717, 1.165) is 0 Å². The number of piperazine rings is 1. The van der Waals surface area contributed by atoms with Gasteiger partial charge in [0.2, 0.25) is 5.91 Å². The molecular formula is C15H24N4O3S. The first-order valence-corrected chi connectivity index (χ1v) is 8.56. The predicted molar refractivity (Wildman–Crippen MR) is 89.6 cm³/mol. The van der Waals surface area contributed by atoms with Gasteiger partial charge in [-0.1, -0.05) is 0 Å². The van der Waals surface area contributed by atoms with Gasteiger partial charge in [-0.05, 0) is 27.7 Å². The summed E-state index contributed by atoms with van der Waals surface area (Å²) < 4.78 is 5.37. The minimum Gasteiger partial charge on any atom is -0.444 e. The van der Waals surface area contributed by atoms with Crippen molar-refractivity contribution in [1.82, 2.24) is 14.8 Å². The van der Waals surface area contributed by atoms with Gasteiger partial charge >= 0.3 is 6.09 Å². The van der Waals surface area contributed by atoms with Gasteiger partial charge in [-0.3, -0.25) is 9.69 Å². The first-order chi connectivity index (χ1) is 10.8. The summed E-state index contributed by atoms with van der Waals surface area (Å²) in [6.45, 7) is 9.83. The van der Waals surface area contributed by atoms with Crippen LogP contribution in [0.4, 0.5) is 9.93 Å². The summed E-state index contributed by atoms with van der Waals surface area (Å²) in [6.07, 6.45) is 1.36. The molecule has 23 heavy (non-hydrogen) atoms. The standard InChI is InChI=1S/C15H24N4O3S/c1-11(12(20)17-13-16-5-10-23-13)18-6-8-19(9-7-18)14(21)22-15(2,3)4/h5,10-11H,6-9H2,1-4H3,(H,16,17,20). The molecule has 0 spiro atoms. The Kier molecular flexibility index (Phi) is 5.59. The Hall–Kier alpha value is -1.67. The third-order valence-electron chi connectivity index (χ3n) is 3.56. The van der Waals surface area contributed by atoms with Crippen molar-refractivity contribution in [1.29, 1.82) is 0 Å². The maximum absolute atomic E-state index is 12.2. The molecular weight excluding hydrogens is 316 g/mol. The van der Waals surface area contributed by atoms with Crippen molar-refractivity contribution >= 4 is 28.5 Å². The van der Waals surface area contributed by atoms with Crippen molar-refractivity contribution in [2.45, 2.75) is 39.3 Å². The van der Waals surface area contributed by atoms with Crippen LogP contribution in [0.2, 0.25) is 0 Å². The largest absolute Gasteiger partial charge is 0.444 e. The third kappa shape index (κ3) is 5.18. The molecule has 7 nitrogen and oxygen atoms in total. The van der Waals surface area contributed by atoms with E-state index in [1.807, 2.05) is 33.1 Å². The van der Waals surface area contributed by atoms with E-state index in [-0.39, 0.29) is 18.0 Å². The number of nitrogens with zero attached hydrogens (tertiary/aromatic N) is 3. The van der Waals surface area contributed by atoms with Crippen molar-refractivity contribution in [2.24, 2.45) is 0 Å². The third-order valence-corrected chi connectivity index (χ3v) is 4.24. The van der Waals surface area contributed by atoms with E-state index in [9.17, 15) is 9.59 Å². The summed E-state index contributed by atoms with van der Waals surface area (Å²) in [6, 6.07) is -0.264. The second-order valence-corrected chi connectivity index (χ2v) is 7.40. The molecule has 1 aliphatic rings. The van der Waals surface area contributed by atoms with Gasteiger partial charge in [-0.15, -0.1) is 11.3 Å². The Bertz CT molecular complexity index is 533. The van der Waals surface area contributed by atoms with Crippen LogP contribution in [0.15, 0.2) is 11.6 Å². The number of carbonyl (C=O) groups excluding carboxylic acids is 2. The molecule has 1 unspecified atom stereocenters. The minimum atomic E-state index is -0.491. The molecule has 1 N–H and O–H groups in total. The maximum atomic E-state index is 12.2.